The molecule has 0 aliphatic heterocycles. The first-order chi connectivity index (χ1) is 9.00. The van der Waals surface area contributed by atoms with Gasteiger partial charge in [0.15, 0.2) is 5.65 Å². The molecule has 19 heavy (non-hydrogen) atoms. The lowest BCUT2D eigenvalue weighted by atomic mass is 10.1. The van der Waals surface area contributed by atoms with Crippen LogP contribution in [0.1, 0.15) is 18.7 Å². The first-order valence-electron chi connectivity index (χ1n) is 5.53. The largest absolute Gasteiger partial charge is 0.388 e. The second-order valence-corrected chi connectivity index (χ2v) is 4.02. The van der Waals surface area contributed by atoms with Crippen LogP contribution in [0.2, 0.25) is 0 Å². The molecular formula is C10H13N5O4. The molecule has 9 nitrogen and oxygen atoms in total. The van der Waals surface area contributed by atoms with Gasteiger partial charge in [0, 0.05) is 13.5 Å². The van der Waals surface area contributed by atoms with Crippen LogP contribution in [0.5, 0.6) is 0 Å². The molecule has 0 aliphatic carbocycles. The molecule has 2 aromatic heterocycles. The van der Waals surface area contributed by atoms with Gasteiger partial charge in [0.1, 0.15) is 17.6 Å². The second-order valence-electron chi connectivity index (χ2n) is 4.02. The van der Waals surface area contributed by atoms with Gasteiger partial charge in [-0.05, 0) is 0 Å². The zero-order chi connectivity index (χ0) is 14.0. The molecule has 0 saturated carbocycles. The molecule has 2 unspecified atom stereocenters. The van der Waals surface area contributed by atoms with E-state index in [1.807, 2.05) is 0 Å². The highest BCUT2D eigenvalue weighted by Gasteiger charge is 2.24. The van der Waals surface area contributed by atoms with Crippen molar-refractivity contribution in [1.29, 1.82) is 0 Å². The highest BCUT2D eigenvalue weighted by atomic mass is 16.3. The van der Waals surface area contributed by atoms with Gasteiger partial charge in [-0.3, -0.25) is 14.7 Å². The maximum Gasteiger partial charge on any atom is 0.262 e. The lowest BCUT2D eigenvalue weighted by Crippen LogP contribution is -2.34. The third-order valence-corrected chi connectivity index (χ3v) is 2.61. The number of rotatable bonds is 4. The Kier molecular flexibility index (Phi) is 3.58. The number of aliphatic hydroxyl groups excluding tert-OH is 2. The average Bonchev–Trinajstić information content (AvgIpc) is 2.80. The fourth-order valence-corrected chi connectivity index (χ4v) is 1.65. The minimum Gasteiger partial charge on any atom is -0.388 e. The summed E-state index contributed by atoms with van der Waals surface area (Å²) in [5.74, 6) is -0.333. The minimum atomic E-state index is -1.39. The van der Waals surface area contributed by atoms with Crippen molar-refractivity contribution in [1.82, 2.24) is 25.5 Å². The number of aliphatic hydroxyl groups is 2. The molecule has 2 heterocycles. The number of aromatic nitrogens is 4. The van der Waals surface area contributed by atoms with E-state index in [4.69, 9.17) is 0 Å². The van der Waals surface area contributed by atoms with Crippen LogP contribution in [0.4, 0.5) is 0 Å². The summed E-state index contributed by atoms with van der Waals surface area (Å²) in [5.41, 5.74) is -0.272. The van der Waals surface area contributed by atoms with Crippen molar-refractivity contribution in [3.63, 3.8) is 0 Å². The van der Waals surface area contributed by atoms with Gasteiger partial charge < -0.3 is 20.5 Å². The van der Waals surface area contributed by atoms with Crippen LogP contribution in [0.25, 0.3) is 11.0 Å². The van der Waals surface area contributed by atoms with Gasteiger partial charge in [-0.2, -0.15) is 5.10 Å². The molecule has 0 aliphatic rings. The smallest absolute Gasteiger partial charge is 0.262 e. The number of aromatic amines is 2. The Morgan fingerprint density at radius 2 is 2.26 bits per heavy atom. The van der Waals surface area contributed by atoms with Gasteiger partial charge in [-0.1, -0.05) is 0 Å². The van der Waals surface area contributed by atoms with Gasteiger partial charge in [-0.15, -0.1) is 0 Å². The summed E-state index contributed by atoms with van der Waals surface area (Å²) in [7, 11) is 0. The molecule has 2 atom stereocenters. The third-order valence-electron chi connectivity index (χ3n) is 2.61. The summed E-state index contributed by atoms with van der Waals surface area (Å²) in [6, 6.07) is 0. The van der Waals surface area contributed by atoms with Gasteiger partial charge in [0.05, 0.1) is 12.0 Å². The van der Waals surface area contributed by atoms with Crippen molar-refractivity contribution < 1.29 is 15.0 Å². The summed E-state index contributed by atoms with van der Waals surface area (Å²) in [4.78, 5) is 28.5. The molecule has 2 aromatic rings. The third kappa shape index (κ3) is 2.61. The minimum absolute atomic E-state index is 0.0576. The van der Waals surface area contributed by atoms with Crippen LogP contribution in [0.3, 0.4) is 0 Å². The Bertz CT molecular complexity index is 649. The Morgan fingerprint density at radius 3 is 2.95 bits per heavy atom. The number of nitrogens with one attached hydrogen (secondary N) is 3. The predicted molar refractivity (Wildman–Crippen MR) is 64.2 cm³/mol. The van der Waals surface area contributed by atoms with Crippen LogP contribution < -0.4 is 10.9 Å². The number of carbonyl (C=O) groups excluding carboxylic acids is 1. The number of hydrogen-bond donors (Lipinski definition) is 5. The Balaban J connectivity index is 2.29. The lowest BCUT2D eigenvalue weighted by Gasteiger charge is -2.16. The quantitative estimate of drug-likeness (QED) is 0.441. The Hall–Kier alpha value is -2.26. The van der Waals surface area contributed by atoms with E-state index in [0.717, 1.165) is 0 Å². The molecule has 0 radical (unpaired) electrons. The maximum atomic E-state index is 11.6. The molecule has 0 saturated heterocycles. The molecule has 0 aromatic carbocycles. The number of fused-ring (bicyclic) bond motifs is 1. The number of hydrogen-bond acceptors (Lipinski definition) is 6. The molecule has 9 heteroatoms. The number of amides is 1. The van der Waals surface area contributed by atoms with Gasteiger partial charge in [0.2, 0.25) is 5.91 Å². The summed E-state index contributed by atoms with van der Waals surface area (Å²) >= 11 is 0. The first-order valence-corrected chi connectivity index (χ1v) is 5.53. The Morgan fingerprint density at radius 1 is 1.53 bits per heavy atom. The number of H-pyrrole nitrogens is 2. The summed E-state index contributed by atoms with van der Waals surface area (Å²) in [5, 5.41) is 28.4. The molecule has 5 N–H and O–H groups in total. The first kappa shape index (κ1) is 13.2. The van der Waals surface area contributed by atoms with Crippen molar-refractivity contribution in [2.45, 2.75) is 19.1 Å². The van der Waals surface area contributed by atoms with E-state index >= 15 is 0 Å². The van der Waals surface area contributed by atoms with E-state index in [9.17, 15) is 19.8 Å². The SMILES string of the molecule is CC(=O)NCC(O)C(O)c1[nH]nc2nc[nH]c(=O)c12. The van der Waals surface area contributed by atoms with Gasteiger partial charge in [-0.25, -0.2) is 4.98 Å². The van der Waals surface area contributed by atoms with Gasteiger partial charge in [0.25, 0.3) is 5.56 Å². The maximum absolute atomic E-state index is 11.6. The summed E-state index contributed by atoms with van der Waals surface area (Å²) in [6.45, 7) is 1.15. The van der Waals surface area contributed by atoms with Crippen LogP contribution in [-0.4, -0.2) is 48.9 Å². The van der Waals surface area contributed by atoms with Crippen LogP contribution in [-0.2, 0) is 4.79 Å². The lowest BCUT2D eigenvalue weighted by molar-refractivity contribution is -0.119. The number of carbonyl (C=O) groups is 1. The van der Waals surface area contributed by atoms with Crippen LogP contribution in [0.15, 0.2) is 11.1 Å². The van der Waals surface area contributed by atoms with E-state index in [0.29, 0.717) is 0 Å². The monoisotopic (exact) mass is 267 g/mol. The predicted octanol–water partition coefficient (Wildman–Crippen LogP) is -1.82. The van der Waals surface area contributed by atoms with E-state index in [1.54, 1.807) is 0 Å². The van der Waals surface area contributed by atoms with E-state index in [2.05, 4.69) is 25.5 Å². The molecular weight excluding hydrogens is 254 g/mol. The molecule has 0 spiro atoms. The number of nitrogens with zero attached hydrogens (tertiary/aromatic N) is 2. The zero-order valence-electron chi connectivity index (χ0n) is 10.0. The standard InChI is InChI=1S/C10H13N5O4/c1-4(16)11-2-5(17)8(18)7-6-9(15-14-7)12-3-13-10(6)19/h3,5,8,17-18H,2H2,1H3,(H,11,16)(H2,12,13,14,15,19). The van der Waals surface area contributed by atoms with E-state index in [1.165, 1.54) is 13.3 Å². The van der Waals surface area contributed by atoms with Crippen LogP contribution >= 0.6 is 0 Å². The highest BCUT2D eigenvalue weighted by molar-refractivity contribution is 5.76. The molecule has 0 bridgehead atoms. The topological polar surface area (TPSA) is 144 Å². The highest BCUT2D eigenvalue weighted by Crippen LogP contribution is 2.19. The average molecular weight is 267 g/mol. The van der Waals surface area contributed by atoms with E-state index < -0.39 is 17.8 Å². The summed E-state index contributed by atoms with van der Waals surface area (Å²) < 4.78 is 0. The molecule has 2 rings (SSSR count). The van der Waals surface area contributed by atoms with E-state index in [-0.39, 0.29) is 29.2 Å². The van der Waals surface area contributed by atoms with Crippen molar-refractivity contribution in [3.05, 3.63) is 22.4 Å². The normalized spacial score (nSPS) is 14.3. The van der Waals surface area contributed by atoms with Crippen LogP contribution in [0, 0.1) is 0 Å². The Labute approximate surface area is 106 Å². The fraction of sp³-hybridized carbons (Fsp3) is 0.400. The van der Waals surface area contributed by atoms with Crippen molar-refractivity contribution >= 4 is 16.9 Å². The molecule has 102 valence electrons. The van der Waals surface area contributed by atoms with Crippen molar-refractivity contribution in [2.75, 3.05) is 6.54 Å². The zero-order valence-corrected chi connectivity index (χ0v) is 10.0. The second kappa shape index (κ2) is 5.16. The molecule has 0 fully saturated rings. The fourth-order valence-electron chi connectivity index (χ4n) is 1.65. The van der Waals surface area contributed by atoms with Crippen molar-refractivity contribution in [3.8, 4) is 0 Å². The van der Waals surface area contributed by atoms with Gasteiger partial charge >= 0.3 is 0 Å². The van der Waals surface area contributed by atoms with Crippen molar-refractivity contribution in [2.24, 2.45) is 0 Å². The molecule has 1 amide bonds. The summed E-state index contributed by atoms with van der Waals surface area (Å²) in [6.07, 6.45) is -1.47.